The molecule has 1 aromatic carbocycles. The highest BCUT2D eigenvalue weighted by atomic mass is 35.5. The van der Waals surface area contributed by atoms with Gasteiger partial charge in [-0.05, 0) is 49.2 Å². The van der Waals surface area contributed by atoms with Crippen molar-refractivity contribution in [3.8, 4) is 0 Å². The summed E-state index contributed by atoms with van der Waals surface area (Å²) in [4.78, 5) is 32.7. The zero-order valence-corrected chi connectivity index (χ0v) is 19.9. The fourth-order valence-corrected chi connectivity index (χ4v) is 3.67. The molecule has 3 aromatic rings. The minimum absolute atomic E-state index is 0.0589. The average molecular weight is 558 g/mol. The molecule has 200 valence electrons. The number of hydrogen-bond donors (Lipinski definition) is 3. The average Bonchev–Trinajstić information content (AvgIpc) is 3.64. The lowest BCUT2D eigenvalue weighted by Gasteiger charge is -2.18. The third-order valence-electron chi connectivity index (χ3n) is 5.69. The van der Waals surface area contributed by atoms with Gasteiger partial charge in [-0.3, -0.25) is 19.6 Å². The van der Waals surface area contributed by atoms with Crippen LogP contribution in [0, 0.1) is 0 Å². The zero-order chi connectivity index (χ0) is 27.7. The molecule has 14 heteroatoms. The second-order valence-corrected chi connectivity index (χ2v) is 8.97. The summed E-state index contributed by atoms with van der Waals surface area (Å²) in [6.45, 7) is -0.0589. The standard InChI is InChI=1S/C24H18ClF6N5O2/c25-15-1-4-19(18(8-15)24(29,30)31)35-17-3-2-16(33-12-17)11-34-21(38)22(5-6-22)36-20(37)13-7-14(10-32-9-13)23(26,27)28/h1-4,7-10,12,35H,5-6,11H2,(H,34,38)(H,36,37). The van der Waals surface area contributed by atoms with E-state index < -0.39 is 40.8 Å². The molecule has 0 aliphatic heterocycles. The van der Waals surface area contributed by atoms with E-state index in [9.17, 15) is 35.9 Å². The molecule has 0 unspecified atom stereocenters. The normalized spacial score (nSPS) is 14.5. The highest BCUT2D eigenvalue weighted by molar-refractivity contribution is 6.30. The molecule has 2 amide bonds. The van der Waals surface area contributed by atoms with Crippen LogP contribution in [-0.4, -0.2) is 27.3 Å². The van der Waals surface area contributed by atoms with Crippen LogP contribution < -0.4 is 16.0 Å². The number of carbonyl (C=O) groups is 2. The predicted molar refractivity (Wildman–Crippen MR) is 124 cm³/mol. The number of aromatic nitrogens is 2. The Kier molecular flexibility index (Phi) is 7.24. The summed E-state index contributed by atoms with van der Waals surface area (Å²) in [5, 5.41) is 7.63. The van der Waals surface area contributed by atoms with Crippen LogP contribution in [0.2, 0.25) is 5.02 Å². The van der Waals surface area contributed by atoms with E-state index in [1.807, 2.05) is 0 Å². The molecule has 1 aliphatic carbocycles. The van der Waals surface area contributed by atoms with E-state index in [0.717, 1.165) is 12.3 Å². The number of halogens is 7. The fraction of sp³-hybridized carbons (Fsp3) is 0.250. The summed E-state index contributed by atoms with van der Waals surface area (Å²) in [5.41, 5.74) is -3.22. The third kappa shape index (κ3) is 6.33. The fourth-order valence-electron chi connectivity index (χ4n) is 3.50. The number of hydrogen-bond acceptors (Lipinski definition) is 5. The van der Waals surface area contributed by atoms with Crippen molar-refractivity contribution in [2.24, 2.45) is 0 Å². The van der Waals surface area contributed by atoms with Gasteiger partial charge in [-0.25, -0.2) is 0 Å². The maximum absolute atomic E-state index is 13.3. The summed E-state index contributed by atoms with van der Waals surface area (Å²) in [6, 6.07) is 6.91. The van der Waals surface area contributed by atoms with Crippen molar-refractivity contribution >= 4 is 34.8 Å². The molecule has 4 rings (SSSR count). The van der Waals surface area contributed by atoms with Gasteiger partial charge >= 0.3 is 12.4 Å². The first kappa shape index (κ1) is 27.2. The second kappa shape index (κ2) is 10.1. The summed E-state index contributed by atoms with van der Waals surface area (Å²) in [7, 11) is 0. The highest BCUT2D eigenvalue weighted by Crippen LogP contribution is 2.38. The van der Waals surface area contributed by atoms with Crippen LogP contribution in [0.3, 0.4) is 0 Å². The summed E-state index contributed by atoms with van der Waals surface area (Å²) < 4.78 is 78.5. The number of amides is 2. The first-order valence-corrected chi connectivity index (χ1v) is 11.4. The predicted octanol–water partition coefficient (Wildman–Crippen LogP) is 5.49. The Hall–Kier alpha value is -3.87. The SMILES string of the molecule is O=C(NC1(C(=O)NCc2ccc(Nc3ccc(Cl)cc3C(F)(F)F)cn2)CC1)c1cncc(C(F)(F)F)c1. The number of pyridine rings is 2. The van der Waals surface area contributed by atoms with Crippen molar-refractivity contribution in [2.45, 2.75) is 37.3 Å². The van der Waals surface area contributed by atoms with Crippen molar-refractivity contribution in [1.82, 2.24) is 20.6 Å². The van der Waals surface area contributed by atoms with Crippen LogP contribution >= 0.6 is 11.6 Å². The molecule has 0 spiro atoms. The molecule has 7 nitrogen and oxygen atoms in total. The lowest BCUT2D eigenvalue weighted by Crippen LogP contribution is -2.48. The molecule has 0 atom stereocenters. The van der Waals surface area contributed by atoms with Gasteiger partial charge in [0.25, 0.3) is 5.91 Å². The van der Waals surface area contributed by atoms with Crippen molar-refractivity contribution in [3.63, 3.8) is 0 Å². The molecule has 2 heterocycles. The van der Waals surface area contributed by atoms with E-state index in [-0.39, 0.29) is 41.3 Å². The number of nitrogens with zero attached hydrogens (tertiary/aromatic N) is 2. The van der Waals surface area contributed by atoms with Crippen molar-refractivity contribution in [1.29, 1.82) is 0 Å². The molecular formula is C24H18ClF6N5O2. The zero-order valence-electron chi connectivity index (χ0n) is 19.2. The van der Waals surface area contributed by atoms with Gasteiger partial charge in [0.2, 0.25) is 5.91 Å². The van der Waals surface area contributed by atoms with Crippen molar-refractivity contribution < 1.29 is 35.9 Å². The Labute approximate surface area is 216 Å². The van der Waals surface area contributed by atoms with Gasteiger partial charge in [-0.2, -0.15) is 26.3 Å². The molecule has 1 aliphatic rings. The van der Waals surface area contributed by atoms with E-state index in [4.69, 9.17) is 11.6 Å². The minimum atomic E-state index is -4.68. The van der Waals surface area contributed by atoms with E-state index >= 15 is 0 Å². The summed E-state index contributed by atoms with van der Waals surface area (Å²) >= 11 is 5.68. The van der Waals surface area contributed by atoms with E-state index in [2.05, 4.69) is 25.9 Å². The number of benzene rings is 1. The smallest absolute Gasteiger partial charge is 0.354 e. The van der Waals surface area contributed by atoms with E-state index in [1.165, 1.54) is 30.5 Å². The number of rotatable bonds is 7. The minimum Gasteiger partial charge on any atom is -0.354 e. The van der Waals surface area contributed by atoms with Gasteiger partial charge in [0.05, 0.1) is 46.5 Å². The molecule has 3 N–H and O–H groups in total. The molecule has 38 heavy (non-hydrogen) atoms. The van der Waals surface area contributed by atoms with Crippen LogP contribution in [0.4, 0.5) is 37.7 Å². The van der Waals surface area contributed by atoms with Crippen LogP contribution in [0.25, 0.3) is 0 Å². The molecule has 2 aromatic heterocycles. The van der Waals surface area contributed by atoms with Gasteiger partial charge in [0, 0.05) is 17.4 Å². The topological polar surface area (TPSA) is 96.0 Å². The third-order valence-corrected chi connectivity index (χ3v) is 5.92. The second-order valence-electron chi connectivity index (χ2n) is 8.53. The Morgan fingerprint density at radius 1 is 0.947 bits per heavy atom. The molecule has 0 radical (unpaired) electrons. The van der Waals surface area contributed by atoms with Crippen LogP contribution in [-0.2, 0) is 23.7 Å². The van der Waals surface area contributed by atoms with Crippen LogP contribution in [0.1, 0.15) is 40.0 Å². The van der Waals surface area contributed by atoms with Gasteiger partial charge in [0.1, 0.15) is 5.54 Å². The highest BCUT2D eigenvalue weighted by Gasteiger charge is 2.51. The number of alkyl halides is 6. The Morgan fingerprint density at radius 2 is 1.68 bits per heavy atom. The molecule has 1 saturated carbocycles. The molecule has 0 saturated heterocycles. The van der Waals surface area contributed by atoms with Crippen molar-refractivity contribution in [2.75, 3.05) is 5.32 Å². The molecular weight excluding hydrogens is 540 g/mol. The Morgan fingerprint density at radius 3 is 2.29 bits per heavy atom. The van der Waals surface area contributed by atoms with Gasteiger partial charge in [-0.1, -0.05) is 11.6 Å². The van der Waals surface area contributed by atoms with Gasteiger partial charge < -0.3 is 16.0 Å². The lowest BCUT2D eigenvalue weighted by molar-refractivity contribution is -0.138. The van der Waals surface area contributed by atoms with Crippen LogP contribution in [0.5, 0.6) is 0 Å². The van der Waals surface area contributed by atoms with E-state index in [0.29, 0.717) is 18.0 Å². The largest absolute Gasteiger partial charge is 0.418 e. The monoisotopic (exact) mass is 557 g/mol. The first-order valence-electron chi connectivity index (χ1n) is 11.0. The maximum atomic E-state index is 13.3. The number of anilines is 2. The Balaban J connectivity index is 1.35. The summed E-state index contributed by atoms with van der Waals surface area (Å²) in [6.07, 6.45) is -5.88. The summed E-state index contributed by atoms with van der Waals surface area (Å²) in [5.74, 6) is -1.42. The first-order chi connectivity index (χ1) is 17.8. The number of carbonyl (C=O) groups excluding carboxylic acids is 2. The number of nitrogens with one attached hydrogen (secondary N) is 3. The van der Waals surface area contributed by atoms with Crippen molar-refractivity contribution in [3.05, 3.63) is 82.4 Å². The Bertz CT molecular complexity index is 1360. The molecule has 1 fully saturated rings. The quantitative estimate of drug-likeness (QED) is 0.334. The van der Waals surface area contributed by atoms with Gasteiger partial charge in [0.15, 0.2) is 0 Å². The molecule has 0 bridgehead atoms. The lowest BCUT2D eigenvalue weighted by atomic mass is 10.1. The maximum Gasteiger partial charge on any atom is 0.418 e. The van der Waals surface area contributed by atoms with Crippen LogP contribution in [0.15, 0.2) is 55.0 Å². The van der Waals surface area contributed by atoms with Gasteiger partial charge in [-0.15, -0.1) is 0 Å². The van der Waals surface area contributed by atoms with E-state index in [1.54, 1.807) is 0 Å².